The van der Waals surface area contributed by atoms with Gasteiger partial charge >= 0.3 is 12.3 Å². The van der Waals surface area contributed by atoms with Gasteiger partial charge in [0.15, 0.2) is 5.69 Å². The number of aromatic nitrogens is 1. The van der Waals surface area contributed by atoms with E-state index in [0.717, 1.165) is 0 Å². The Balaban J connectivity index is 3.28. The van der Waals surface area contributed by atoms with Gasteiger partial charge in [0.1, 0.15) is 5.75 Å². The minimum absolute atomic E-state index is 0.0455. The summed E-state index contributed by atoms with van der Waals surface area (Å²) in [5, 5.41) is 8.68. The van der Waals surface area contributed by atoms with Crippen LogP contribution < -0.4 is 10.5 Å². The third-order valence-electron chi connectivity index (χ3n) is 1.96. The van der Waals surface area contributed by atoms with Crippen LogP contribution in [0.1, 0.15) is 21.7 Å². The Morgan fingerprint density at radius 2 is 2.18 bits per heavy atom. The van der Waals surface area contributed by atoms with Crippen LogP contribution in [0.2, 0.25) is 0 Å². The highest BCUT2D eigenvalue weighted by atomic mass is 19.4. The molecule has 0 aliphatic rings. The fraction of sp³-hybridized carbons (Fsp3) is 0.333. The summed E-state index contributed by atoms with van der Waals surface area (Å²) in [5.41, 5.74) is 4.82. The molecule has 1 aromatic heterocycles. The standard InChI is InChI=1S/C9H9F3N2O3/c1-4-6(3-13)14-5(8(15)16)2-7(4)17-9(10,11)12/h2H,3,13H2,1H3,(H,15,16). The van der Waals surface area contributed by atoms with Crippen molar-refractivity contribution < 1.29 is 27.8 Å². The van der Waals surface area contributed by atoms with Gasteiger partial charge in [-0.1, -0.05) is 0 Å². The molecule has 0 aromatic carbocycles. The number of aromatic carboxylic acids is 1. The lowest BCUT2D eigenvalue weighted by molar-refractivity contribution is -0.274. The first-order valence-corrected chi connectivity index (χ1v) is 4.44. The van der Waals surface area contributed by atoms with Gasteiger partial charge in [0.2, 0.25) is 0 Å². The van der Waals surface area contributed by atoms with Gasteiger partial charge < -0.3 is 15.6 Å². The van der Waals surface area contributed by atoms with Crippen molar-refractivity contribution in [3.63, 3.8) is 0 Å². The molecule has 1 rings (SSSR count). The molecule has 0 aliphatic heterocycles. The minimum atomic E-state index is -4.90. The van der Waals surface area contributed by atoms with Crippen LogP contribution in [0.5, 0.6) is 5.75 Å². The van der Waals surface area contributed by atoms with E-state index < -0.39 is 23.8 Å². The Bertz CT molecular complexity index is 446. The molecule has 5 nitrogen and oxygen atoms in total. The summed E-state index contributed by atoms with van der Waals surface area (Å²) < 4.78 is 39.9. The van der Waals surface area contributed by atoms with Crippen LogP contribution in [-0.2, 0) is 6.54 Å². The molecule has 0 saturated carbocycles. The molecule has 17 heavy (non-hydrogen) atoms. The Morgan fingerprint density at radius 3 is 2.59 bits per heavy atom. The highest BCUT2D eigenvalue weighted by Gasteiger charge is 2.32. The second-order valence-electron chi connectivity index (χ2n) is 3.13. The van der Waals surface area contributed by atoms with Crippen LogP contribution in [0, 0.1) is 6.92 Å². The number of rotatable bonds is 3. The lowest BCUT2D eigenvalue weighted by Gasteiger charge is -2.13. The molecule has 0 unspecified atom stereocenters. The molecule has 1 heterocycles. The zero-order chi connectivity index (χ0) is 13.2. The molecule has 0 fully saturated rings. The van der Waals surface area contributed by atoms with Crippen LogP contribution in [0.15, 0.2) is 6.07 Å². The number of nitrogens with zero attached hydrogens (tertiary/aromatic N) is 1. The lowest BCUT2D eigenvalue weighted by atomic mass is 10.1. The van der Waals surface area contributed by atoms with Crippen molar-refractivity contribution in [1.29, 1.82) is 0 Å². The number of hydrogen-bond acceptors (Lipinski definition) is 4. The zero-order valence-electron chi connectivity index (χ0n) is 8.71. The average molecular weight is 250 g/mol. The van der Waals surface area contributed by atoms with Crippen molar-refractivity contribution in [2.75, 3.05) is 0 Å². The minimum Gasteiger partial charge on any atom is -0.477 e. The van der Waals surface area contributed by atoms with Gasteiger partial charge in [-0.05, 0) is 6.92 Å². The number of carboxylic acid groups (broad SMARTS) is 1. The molecule has 8 heteroatoms. The highest BCUT2D eigenvalue weighted by Crippen LogP contribution is 2.28. The summed E-state index contributed by atoms with van der Waals surface area (Å²) in [4.78, 5) is 14.3. The number of pyridine rings is 1. The van der Waals surface area contributed by atoms with Crippen molar-refractivity contribution in [2.24, 2.45) is 5.73 Å². The first-order valence-electron chi connectivity index (χ1n) is 4.44. The molecule has 0 amide bonds. The number of hydrogen-bond donors (Lipinski definition) is 2. The number of alkyl halides is 3. The largest absolute Gasteiger partial charge is 0.573 e. The van der Waals surface area contributed by atoms with E-state index in [2.05, 4.69) is 9.72 Å². The van der Waals surface area contributed by atoms with Crippen LogP contribution in [-0.4, -0.2) is 22.4 Å². The maximum Gasteiger partial charge on any atom is 0.573 e. The SMILES string of the molecule is Cc1c(OC(F)(F)F)cc(C(=O)O)nc1CN. The van der Waals surface area contributed by atoms with Gasteiger partial charge in [0, 0.05) is 18.2 Å². The van der Waals surface area contributed by atoms with Crippen molar-refractivity contribution in [2.45, 2.75) is 19.8 Å². The molecule has 1 aromatic rings. The zero-order valence-corrected chi connectivity index (χ0v) is 8.71. The van der Waals surface area contributed by atoms with Crippen molar-refractivity contribution in [3.05, 3.63) is 23.0 Å². The first-order chi connectivity index (χ1) is 7.74. The van der Waals surface area contributed by atoms with Gasteiger partial charge in [-0.25, -0.2) is 9.78 Å². The Labute approximate surface area is 94.0 Å². The second kappa shape index (κ2) is 4.58. The fourth-order valence-corrected chi connectivity index (χ4v) is 1.18. The van der Waals surface area contributed by atoms with Gasteiger partial charge in [-0.15, -0.1) is 13.2 Å². The van der Waals surface area contributed by atoms with Crippen molar-refractivity contribution in [1.82, 2.24) is 4.98 Å². The smallest absolute Gasteiger partial charge is 0.477 e. The molecule has 0 saturated heterocycles. The van der Waals surface area contributed by atoms with Crippen LogP contribution in [0.4, 0.5) is 13.2 Å². The molecule has 0 spiro atoms. The lowest BCUT2D eigenvalue weighted by Crippen LogP contribution is -2.19. The van der Waals surface area contributed by atoms with Gasteiger partial charge in [0.05, 0.1) is 5.69 Å². The van der Waals surface area contributed by atoms with E-state index in [4.69, 9.17) is 10.8 Å². The Morgan fingerprint density at radius 1 is 1.59 bits per heavy atom. The van der Waals surface area contributed by atoms with E-state index in [1.165, 1.54) is 6.92 Å². The Kier molecular flexibility index (Phi) is 3.56. The second-order valence-corrected chi connectivity index (χ2v) is 3.13. The molecule has 94 valence electrons. The third kappa shape index (κ3) is 3.31. The number of carboxylic acids is 1. The van der Waals surface area contributed by atoms with E-state index in [0.29, 0.717) is 6.07 Å². The van der Waals surface area contributed by atoms with Crippen LogP contribution in [0.25, 0.3) is 0 Å². The van der Waals surface area contributed by atoms with E-state index in [-0.39, 0.29) is 17.8 Å². The predicted octanol–water partition coefficient (Wildman–Crippen LogP) is 1.45. The van der Waals surface area contributed by atoms with E-state index in [1.54, 1.807) is 0 Å². The molecule has 0 bridgehead atoms. The van der Waals surface area contributed by atoms with E-state index in [1.807, 2.05) is 0 Å². The molecule has 0 aliphatic carbocycles. The molecule has 0 atom stereocenters. The number of nitrogens with two attached hydrogens (primary N) is 1. The highest BCUT2D eigenvalue weighted by molar-refractivity contribution is 5.86. The topological polar surface area (TPSA) is 85.4 Å². The van der Waals surface area contributed by atoms with Crippen molar-refractivity contribution >= 4 is 5.97 Å². The number of carbonyl (C=O) groups is 1. The first kappa shape index (κ1) is 13.2. The van der Waals surface area contributed by atoms with Crippen molar-refractivity contribution in [3.8, 4) is 5.75 Å². The van der Waals surface area contributed by atoms with Gasteiger partial charge in [-0.3, -0.25) is 0 Å². The van der Waals surface area contributed by atoms with Crippen LogP contribution in [0.3, 0.4) is 0 Å². The average Bonchev–Trinajstić information content (AvgIpc) is 2.18. The summed E-state index contributed by atoms with van der Waals surface area (Å²) in [6, 6.07) is 0.713. The maximum absolute atomic E-state index is 12.1. The summed E-state index contributed by atoms with van der Waals surface area (Å²) in [6.45, 7) is 1.14. The van der Waals surface area contributed by atoms with Gasteiger partial charge in [-0.2, -0.15) is 0 Å². The summed E-state index contributed by atoms with van der Waals surface area (Å²) in [7, 11) is 0. The molecule has 3 N–H and O–H groups in total. The van der Waals surface area contributed by atoms with Gasteiger partial charge in [0.25, 0.3) is 0 Å². The van der Waals surface area contributed by atoms with E-state index in [9.17, 15) is 18.0 Å². The molecular formula is C9H9F3N2O3. The molecular weight excluding hydrogens is 241 g/mol. The third-order valence-corrected chi connectivity index (χ3v) is 1.96. The molecule has 0 radical (unpaired) electrons. The maximum atomic E-state index is 12.1. The monoisotopic (exact) mass is 250 g/mol. The van der Waals surface area contributed by atoms with Crippen LogP contribution >= 0.6 is 0 Å². The summed E-state index contributed by atoms with van der Waals surface area (Å²) in [6.07, 6.45) is -4.90. The quantitative estimate of drug-likeness (QED) is 0.847. The fourth-order valence-electron chi connectivity index (χ4n) is 1.18. The summed E-state index contributed by atoms with van der Waals surface area (Å²) in [5.74, 6) is -2.06. The van der Waals surface area contributed by atoms with E-state index >= 15 is 0 Å². The predicted molar refractivity (Wildman–Crippen MR) is 50.5 cm³/mol. The number of ether oxygens (including phenoxy) is 1. The number of halogens is 3. The Hall–Kier alpha value is -1.83. The summed E-state index contributed by atoms with van der Waals surface area (Å²) >= 11 is 0. The normalized spacial score (nSPS) is 11.4.